The Bertz CT molecular complexity index is 1040. The smallest absolute Gasteiger partial charge is 0.229 e. The second-order valence-corrected chi connectivity index (χ2v) is 6.11. The molecule has 0 saturated carbocycles. The Balaban J connectivity index is 2.00. The van der Waals surface area contributed by atoms with E-state index >= 15 is 0 Å². The van der Waals surface area contributed by atoms with Crippen LogP contribution in [0.5, 0.6) is 0 Å². The topological polar surface area (TPSA) is 82.0 Å². The number of furan rings is 1. The lowest BCUT2D eigenvalue weighted by molar-refractivity contribution is 0.645. The molecule has 0 amide bonds. The number of rotatable bonds is 1. The van der Waals surface area contributed by atoms with Gasteiger partial charge in [-0.25, -0.2) is 9.97 Å². The van der Waals surface area contributed by atoms with E-state index in [1.54, 1.807) is 6.33 Å². The first-order valence-electron chi connectivity index (χ1n) is 7.54. The predicted octanol–water partition coefficient (Wildman–Crippen LogP) is 2.43. The zero-order valence-corrected chi connectivity index (χ0v) is 12.4. The van der Waals surface area contributed by atoms with E-state index in [0.717, 1.165) is 35.9 Å². The second-order valence-electron chi connectivity index (χ2n) is 6.11. The molecule has 7 heteroatoms. The van der Waals surface area contributed by atoms with Crippen molar-refractivity contribution in [2.45, 2.75) is 39.0 Å². The number of pyridine rings is 1. The summed E-state index contributed by atoms with van der Waals surface area (Å²) in [6, 6.07) is 0. The van der Waals surface area contributed by atoms with Gasteiger partial charge >= 0.3 is 0 Å². The van der Waals surface area contributed by atoms with Crippen molar-refractivity contribution >= 4 is 27.8 Å². The molecule has 0 bridgehead atoms. The number of aromatic nitrogens is 6. The van der Waals surface area contributed by atoms with Gasteiger partial charge in [-0.15, -0.1) is 5.10 Å². The average molecular weight is 294 g/mol. The van der Waals surface area contributed by atoms with Crippen LogP contribution in [0.15, 0.2) is 10.7 Å². The molecular weight excluding hydrogens is 280 g/mol. The molecule has 7 nitrogen and oxygen atoms in total. The SMILES string of the molecule is CC(C)c1nc2oc3c(ncn4nnnc34)c2c2c1CCC2. The number of hydrogen-bond donors (Lipinski definition) is 0. The molecule has 0 N–H and O–H groups in total. The fraction of sp³-hybridized carbons (Fsp3) is 0.400. The minimum Gasteiger partial charge on any atom is -0.432 e. The summed E-state index contributed by atoms with van der Waals surface area (Å²) in [5.74, 6) is 0.382. The molecular formula is C15H14N6O. The zero-order chi connectivity index (χ0) is 14.8. The highest BCUT2D eigenvalue weighted by Crippen LogP contribution is 2.38. The van der Waals surface area contributed by atoms with Gasteiger partial charge in [0.15, 0.2) is 0 Å². The van der Waals surface area contributed by atoms with Gasteiger partial charge in [0.2, 0.25) is 16.9 Å². The highest BCUT2D eigenvalue weighted by atomic mass is 16.3. The summed E-state index contributed by atoms with van der Waals surface area (Å²) < 4.78 is 7.53. The van der Waals surface area contributed by atoms with Gasteiger partial charge in [0, 0.05) is 0 Å². The molecule has 0 fully saturated rings. The van der Waals surface area contributed by atoms with Gasteiger partial charge in [-0.3, -0.25) is 0 Å². The van der Waals surface area contributed by atoms with Crippen LogP contribution >= 0.6 is 0 Å². The van der Waals surface area contributed by atoms with E-state index in [1.165, 1.54) is 15.6 Å². The normalized spacial score (nSPS) is 14.7. The summed E-state index contributed by atoms with van der Waals surface area (Å²) >= 11 is 0. The summed E-state index contributed by atoms with van der Waals surface area (Å²) in [6.07, 6.45) is 4.94. The Labute approximate surface area is 125 Å². The molecule has 4 aromatic rings. The van der Waals surface area contributed by atoms with Crippen LogP contribution in [0.4, 0.5) is 0 Å². The summed E-state index contributed by atoms with van der Waals surface area (Å²) in [5.41, 5.74) is 6.55. The third-order valence-corrected chi connectivity index (χ3v) is 4.45. The molecule has 0 aromatic carbocycles. The minimum absolute atomic E-state index is 0.382. The average Bonchev–Trinajstić information content (AvgIpc) is 3.21. The maximum Gasteiger partial charge on any atom is 0.229 e. The first-order chi connectivity index (χ1) is 10.7. The molecule has 5 rings (SSSR count). The van der Waals surface area contributed by atoms with Crippen molar-refractivity contribution in [2.75, 3.05) is 0 Å². The van der Waals surface area contributed by atoms with Gasteiger partial charge < -0.3 is 4.42 Å². The van der Waals surface area contributed by atoms with Crippen molar-refractivity contribution in [3.8, 4) is 0 Å². The molecule has 0 saturated heterocycles. The van der Waals surface area contributed by atoms with E-state index < -0.39 is 0 Å². The number of aryl methyl sites for hydroxylation is 1. The van der Waals surface area contributed by atoms with E-state index in [2.05, 4.69) is 34.4 Å². The van der Waals surface area contributed by atoms with Gasteiger partial charge in [-0.1, -0.05) is 13.8 Å². The van der Waals surface area contributed by atoms with Crippen LogP contribution in [0.3, 0.4) is 0 Å². The molecule has 4 aromatic heterocycles. The maximum atomic E-state index is 6.00. The lowest BCUT2D eigenvalue weighted by Gasteiger charge is -2.10. The molecule has 1 aliphatic rings. The molecule has 0 atom stereocenters. The quantitative estimate of drug-likeness (QED) is 0.536. The summed E-state index contributed by atoms with van der Waals surface area (Å²) in [4.78, 5) is 9.30. The van der Waals surface area contributed by atoms with Gasteiger partial charge in [0.25, 0.3) is 0 Å². The molecule has 22 heavy (non-hydrogen) atoms. The van der Waals surface area contributed by atoms with Crippen LogP contribution in [0.1, 0.15) is 43.0 Å². The Hall–Kier alpha value is -2.57. The van der Waals surface area contributed by atoms with E-state index in [-0.39, 0.29) is 0 Å². The summed E-state index contributed by atoms with van der Waals surface area (Å²) in [6.45, 7) is 4.35. The first kappa shape index (κ1) is 12.0. The van der Waals surface area contributed by atoms with Crippen molar-refractivity contribution in [2.24, 2.45) is 0 Å². The number of tetrazole rings is 1. The number of fused-ring (bicyclic) bond motifs is 7. The van der Waals surface area contributed by atoms with E-state index in [9.17, 15) is 0 Å². The third-order valence-electron chi connectivity index (χ3n) is 4.45. The second kappa shape index (κ2) is 4.00. The van der Waals surface area contributed by atoms with E-state index in [0.29, 0.717) is 22.9 Å². The lowest BCUT2D eigenvalue weighted by Crippen LogP contribution is -2.00. The Kier molecular flexibility index (Phi) is 2.18. The van der Waals surface area contributed by atoms with Crippen LogP contribution in [-0.2, 0) is 12.8 Å². The number of nitrogens with zero attached hydrogens (tertiary/aromatic N) is 6. The molecule has 0 radical (unpaired) electrons. The number of hydrogen-bond acceptors (Lipinski definition) is 6. The molecule has 1 aliphatic carbocycles. The molecule has 0 aliphatic heterocycles. The largest absolute Gasteiger partial charge is 0.432 e. The highest BCUT2D eigenvalue weighted by Gasteiger charge is 2.26. The Morgan fingerprint density at radius 2 is 2.09 bits per heavy atom. The zero-order valence-electron chi connectivity index (χ0n) is 12.4. The summed E-state index contributed by atoms with van der Waals surface area (Å²) in [5, 5.41) is 12.6. The van der Waals surface area contributed by atoms with Crippen LogP contribution in [0, 0.1) is 0 Å². The van der Waals surface area contributed by atoms with E-state index in [1.807, 2.05) is 0 Å². The lowest BCUT2D eigenvalue weighted by atomic mass is 9.99. The van der Waals surface area contributed by atoms with Crippen LogP contribution in [0.2, 0.25) is 0 Å². The van der Waals surface area contributed by atoms with Gasteiger partial charge in [-0.05, 0) is 46.7 Å². The molecule has 110 valence electrons. The van der Waals surface area contributed by atoms with Crippen molar-refractivity contribution in [3.05, 3.63) is 23.1 Å². The fourth-order valence-electron chi connectivity index (χ4n) is 3.53. The van der Waals surface area contributed by atoms with Gasteiger partial charge in [-0.2, -0.15) is 4.52 Å². The maximum absolute atomic E-state index is 6.00. The van der Waals surface area contributed by atoms with Crippen LogP contribution < -0.4 is 0 Å². The Morgan fingerprint density at radius 1 is 1.23 bits per heavy atom. The molecule has 4 heterocycles. The Morgan fingerprint density at radius 3 is 2.95 bits per heavy atom. The predicted molar refractivity (Wildman–Crippen MR) is 79.8 cm³/mol. The van der Waals surface area contributed by atoms with Crippen molar-refractivity contribution in [1.82, 2.24) is 30.0 Å². The van der Waals surface area contributed by atoms with Crippen LogP contribution in [0.25, 0.3) is 27.8 Å². The monoisotopic (exact) mass is 294 g/mol. The first-order valence-corrected chi connectivity index (χ1v) is 7.54. The standard InChI is InChI=1S/C15H14N6O/c1-7(2)11-9-5-3-4-8(9)10-12-13(22-15(10)17-11)14-18-19-20-21(14)6-16-12/h6-7H,3-5H2,1-2H3. The third kappa shape index (κ3) is 1.38. The van der Waals surface area contributed by atoms with Gasteiger partial charge in [0.1, 0.15) is 11.8 Å². The highest BCUT2D eigenvalue weighted by molar-refractivity contribution is 6.07. The van der Waals surface area contributed by atoms with Crippen molar-refractivity contribution in [1.29, 1.82) is 0 Å². The molecule has 0 spiro atoms. The minimum atomic E-state index is 0.382. The van der Waals surface area contributed by atoms with E-state index in [4.69, 9.17) is 9.40 Å². The molecule has 0 unspecified atom stereocenters. The van der Waals surface area contributed by atoms with Gasteiger partial charge in [0.05, 0.1) is 11.1 Å². The summed E-state index contributed by atoms with van der Waals surface area (Å²) in [7, 11) is 0. The van der Waals surface area contributed by atoms with Crippen LogP contribution in [-0.4, -0.2) is 30.0 Å². The van der Waals surface area contributed by atoms with Crippen molar-refractivity contribution in [3.63, 3.8) is 0 Å². The fourth-order valence-corrected chi connectivity index (χ4v) is 3.53. The van der Waals surface area contributed by atoms with Crippen molar-refractivity contribution < 1.29 is 4.42 Å².